The third-order valence-electron chi connectivity index (χ3n) is 9.92. The van der Waals surface area contributed by atoms with Crippen LogP contribution in [0.3, 0.4) is 0 Å². The number of phosphoric acid groups is 1. The predicted octanol–water partition coefficient (Wildman–Crippen LogP) is 12.6. The van der Waals surface area contributed by atoms with E-state index in [2.05, 4.69) is 79.9 Å². The van der Waals surface area contributed by atoms with E-state index in [-0.39, 0.29) is 18.9 Å². The van der Waals surface area contributed by atoms with Crippen LogP contribution in [0.25, 0.3) is 0 Å². The molecule has 9 heteroatoms. The van der Waals surface area contributed by atoms with E-state index in [1.165, 1.54) is 96.3 Å². The Kier molecular flexibility index (Phi) is 38.9. The van der Waals surface area contributed by atoms with Gasteiger partial charge in [-0.2, -0.15) is 0 Å². The minimum atomic E-state index is -4.61. The molecule has 58 heavy (non-hydrogen) atoms. The van der Waals surface area contributed by atoms with Crippen LogP contribution in [0.4, 0.5) is 0 Å². The van der Waals surface area contributed by atoms with Crippen LogP contribution in [0.1, 0.15) is 181 Å². The summed E-state index contributed by atoms with van der Waals surface area (Å²) in [6, 6.07) is -0.919. The minimum absolute atomic E-state index is 0.0150. The van der Waals surface area contributed by atoms with Gasteiger partial charge in [-0.3, -0.25) is 9.36 Å². The zero-order chi connectivity index (χ0) is 42.8. The van der Waals surface area contributed by atoms with Crippen LogP contribution < -0.4 is 10.2 Å². The van der Waals surface area contributed by atoms with Crippen molar-refractivity contribution in [2.45, 2.75) is 193 Å². The number of likely N-dealkylation sites (N-methyl/N-ethyl adjacent to an activating group) is 1. The first-order chi connectivity index (χ1) is 28.0. The number of aliphatic hydroxyl groups excluding tert-OH is 1. The molecule has 0 aliphatic rings. The number of carbonyl (C=O) groups is 1. The summed E-state index contributed by atoms with van der Waals surface area (Å²) in [5, 5.41) is 13.8. The van der Waals surface area contributed by atoms with Crippen LogP contribution >= 0.6 is 7.82 Å². The van der Waals surface area contributed by atoms with Crippen molar-refractivity contribution in [2.24, 2.45) is 0 Å². The number of aliphatic hydroxyl groups is 1. The second-order valence-corrected chi connectivity index (χ2v) is 18.1. The first-order valence-corrected chi connectivity index (χ1v) is 24.8. The smallest absolute Gasteiger partial charge is 0.268 e. The zero-order valence-corrected chi connectivity index (χ0v) is 38.9. The third-order valence-corrected chi connectivity index (χ3v) is 10.9. The molecule has 0 aromatic carbocycles. The zero-order valence-electron chi connectivity index (χ0n) is 38.0. The molecule has 0 spiro atoms. The number of quaternary nitrogens is 1. The van der Waals surface area contributed by atoms with Crippen molar-refractivity contribution in [1.82, 2.24) is 5.32 Å². The molecule has 0 saturated carbocycles. The van der Waals surface area contributed by atoms with Crippen molar-refractivity contribution < 1.29 is 32.9 Å². The highest BCUT2D eigenvalue weighted by molar-refractivity contribution is 7.45. The van der Waals surface area contributed by atoms with E-state index in [1.807, 2.05) is 27.2 Å². The van der Waals surface area contributed by atoms with E-state index in [0.29, 0.717) is 17.4 Å². The largest absolute Gasteiger partial charge is 0.756 e. The summed E-state index contributed by atoms with van der Waals surface area (Å²) in [7, 11) is 1.21. The van der Waals surface area contributed by atoms with Crippen LogP contribution in [0, 0.1) is 0 Å². The predicted molar refractivity (Wildman–Crippen MR) is 247 cm³/mol. The molecule has 0 bridgehead atoms. The molecule has 0 fully saturated rings. The van der Waals surface area contributed by atoms with Crippen LogP contribution in [0.15, 0.2) is 72.9 Å². The van der Waals surface area contributed by atoms with E-state index >= 15 is 0 Å². The van der Waals surface area contributed by atoms with Gasteiger partial charge in [-0.1, -0.05) is 189 Å². The maximum absolute atomic E-state index is 12.8. The Hall–Kier alpha value is -2.06. The number of nitrogens with one attached hydrogen (secondary N) is 1. The van der Waals surface area contributed by atoms with Crippen molar-refractivity contribution in [2.75, 3.05) is 40.9 Å². The SMILES string of the molecule is CC/C=C\C/C=C\C/C=C\C/C=C\C/C=C\CCCC(=O)NC(COP(=O)([O-])OCC[N+](C)(C)C)C(O)/C=C/CCCCCCCCCCCCCCCCCCC. The summed E-state index contributed by atoms with van der Waals surface area (Å²) in [4.78, 5) is 25.3. The topological polar surface area (TPSA) is 108 Å². The molecule has 8 nitrogen and oxygen atoms in total. The van der Waals surface area contributed by atoms with Crippen LogP contribution in [0.5, 0.6) is 0 Å². The Balaban J connectivity index is 4.50. The van der Waals surface area contributed by atoms with Gasteiger partial charge in [0.05, 0.1) is 39.9 Å². The molecule has 0 aromatic heterocycles. The Morgan fingerprint density at radius 2 is 1.05 bits per heavy atom. The Labute approximate surface area is 357 Å². The van der Waals surface area contributed by atoms with Gasteiger partial charge in [0.1, 0.15) is 13.2 Å². The van der Waals surface area contributed by atoms with Gasteiger partial charge < -0.3 is 28.8 Å². The van der Waals surface area contributed by atoms with Gasteiger partial charge in [0.25, 0.3) is 7.82 Å². The fraction of sp³-hybridized carbons (Fsp3) is 0.735. The quantitative estimate of drug-likeness (QED) is 0.0275. The van der Waals surface area contributed by atoms with Crippen LogP contribution in [0.2, 0.25) is 0 Å². The second-order valence-electron chi connectivity index (χ2n) is 16.7. The maximum Gasteiger partial charge on any atom is 0.268 e. The van der Waals surface area contributed by atoms with E-state index in [4.69, 9.17) is 9.05 Å². The Morgan fingerprint density at radius 1 is 0.621 bits per heavy atom. The van der Waals surface area contributed by atoms with Gasteiger partial charge in [-0.05, 0) is 57.8 Å². The molecule has 0 radical (unpaired) electrons. The normalized spacial score (nSPS) is 14.9. The molecular formula is C49H89N2O6P. The summed E-state index contributed by atoms with van der Waals surface area (Å²) in [6.45, 7) is 4.48. The average Bonchev–Trinajstić information content (AvgIpc) is 3.17. The number of hydrogen-bond acceptors (Lipinski definition) is 6. The monoisotopic (exact) mass is 833 g/mol. The van der Waals surface area contributed by atoms with Gasteiger partial charge >= 0.3 is 0 Å². The fourth-order valence-electron chi connectivity index (χ4n) is 6.25. The van der Waals surface area contributed by atoms with Crippen molar-refractivity contribution in [3.8, 4) is 0 Å². The maximum atomic E-state index is 12.8. The second kappa shape index (κ2) is 40.4. The van der Waals surface area contributed by atoms with Crippen molar-refractivity contribution in [1.29, 1.82) is 0 Å². The summed E-state index contributed by atoms with van der Waals surface area (Å²) in [6.07, 6.45) is 53.9. The number of hydrogen-bond donors (Lipinski definition) is 2. The molecule has 0 aliphatic carbocycles. The van der Waals surface area contributed by atoms with E-state index < -0.39 is 26.6 Å². The molecule has 0 saturated heterocycles. The fourth-order valence-corrected chi connectivity index (χ4v) is 6.97. The average molecular weight is 833 g/mol. The van der Waals surface area contributed by atoms with Crippen molar-refractivity contribution in [3.05, 3.63) is 72.9 Å². The molecule has 0 aliphatic heterocycles. The lowest BCUT2D eigenvalue weighted by molar-refractivity contribution is -0.870. The first kappa shape index (κ1) is 55.9. The van der Waals surface area contributed by atoms with E-state index in [1.54, 1.807) is 6.08 Å². The summed E-state index contributed by atoms with van der Waals surface area (Å²) >= 11 is 0. The van der Waals surface area contributed by atoms with Crippen LogP contribution in [-0.4, -0.2) is 68.5 Å². The van der Waals surface area contributed by atoms with Gasteiger partial charge in [-0.15, -0.1) is 0 Å². The highest BCUT2D eigenvalue weighted by Gasteiger charge is 2.23. The molecule has 1 amide bonds. The Bertz CT molecular complexity index is 1170. The lowest BCUT2D eigenvalue weighted by Gasteiger charge is -2.29. The molecule has 2 N–H and O–H groups in total. The van der Waals surface area contributed by atoms with Gasteiger partial charge in [0, 0.05) is 6.42 Å². The number of phosphoric ester groups is 1. The number of amides is 1. The highest BCUT2D eigenvalue weighted by Crippen LogP contribution is 2.38. The molecular weight excluding hydrogens is 744 g/mol. The van der Waals surface area contributed by atoms with Crippen molar-refractivity contribution in [3.63, 3.8) is 0 Å². The molecule has 3 atom stereocenters. The first-order valence-electron chi connectivity index (χ1n) is 23.3. The highest BCUT2D eigenvalue weighted by atomic mass is 31.2. The van der Waals surface area contributed by atoms with Gasteiger partial charge in [0.15, 0.2) is 0 Å². The van der Waals surface area contributed by atoms with Crippen LogP contribution in [-0.2, 0) is 18.4 Å². The molecule has 0 heterocycles. The van der Waals surface area contributed by atoms with Gasteiger partial charge in [0.2, 0.25) is 5.91 Å². The van der Waals surface area contributed by atoms with E-state index in [9.17, 15) is 19.4 Å². The molecule has 336 valence electrons. The number of rotatable bonds is 41. The minimum Gasteiger partial charge on any atom is -0.756 e. The number of unbranched alkanes of at least 4 members (excludes halogenated alkanes) is 18. The number of carbonyl (C=O) groups excluding carboxylic acids is 1. The molecule has 0 aromatic rings. The van der Waals surface area contributed by atoms with Crippen molar-refractivity contribution >= 4 is 13.7 Å². The summed E-state index contributed by atoms with van der Waals surface area (Å²) in [5.41, 5.74) is 0. The molecule has 0 rings (SSSR count). The lowest BCUT2D eigenvalue weighted by atomic mass is 10.0. The number of allylic oxidation sites excluding steroid dienone is 11. The summed E-state index contributed by atoms with van der Waals surface area (Å²) in [5.74, 6) is -0.256. The van der Waals surface area contributed by atoms with E-state index in [0.717, 1.165) is 57.8 Å². The third kappa shape index (κ3) is 42.1. The summed E-state index contributed by atoms with van der Waals surface area (Å²) < 4.78 is 23.2. The number of nitrogens with zero attached hydrogens (tertiary/aromatic N) is 1. The lowest BCUT2D eigenvalue weighted by Crippen LogP contribution is -2.45. The Morgan fingerprint density at radius 3 is 1.52 bits per heavy atom. The standard InChI is InChI=1S/C49H89N2O6P/c1-6-8-10-12-14-16-18-20-22-24-25-27-28-30-32-34-36-38-40-42-48(52)47(46-57-58(54,55)56-45-44-51(3,4)5)50-49(53)43-41-39-37-35-33-31-29-26-23-21-19-17-15-13-11-9-7-2/h9,11,15,17,21,23,29,31,35,37,40,42,47-48,52H,6-8,10,12-14,16,18-20,22,24-28,30,32-34,36,38-39,41,43-46H2,1-5H3,(H-,50,53,54,55)/b11-9-,17-15-,23-21-,31-29-,37-35-,42-40+. The molecule has 3 unspecified atom stereocenters. The van der Waals surface area contributed by atoms with Gasteiger partial charge in [-0.25, -0.2) is 0 Å².